The monoisotopic (exact) mass is 411 g/mol. The lowest BCUT2D eigenvalue weighted by Gasteiger charge is -2.49. The van der Waals surface area contributed by atoms with Crippen molar-refractivity contribution in [1.82, 2.24) is 19.7 Å². The molecule has 5 nitrogen and oxygen atoms in total. The van der Waals surface area contributed by atoms with E-state index < -0.39 is 0 Å². The molecule has 5 rings (SSSR count). The molecule has 5 heteroatoms. The fourth-order valence-corrected chi connectivity index (χ4v) is 6.02. The predicted octanol–water partition coefficient (Wildman–Crippen LogP) is 3.82. The van der Waals surface area contributed by atoms with Gasteiger partial charge in [-0.25, -0.2) is 0 Å². The van der Waals surface area contributed by atoms with Crippen molar-refractivity contribution in [2.75, 3.05) is 51.6 Å². The van der Waals surface area contributed by atoms with Crippen molar-refractivity contribution >= 4 is 5.69 Å². The van der Waals surface area contributed by atoms with Gasteiger partial charge in [0.05, 0.1) is 17.6 Å². The fraction of sp³-hybridized carbons (Fsp3) is 0.800. The number of pyridine rings is 1. The van der Waals surface area contributed by atoms with Gasteiger partial charge in [0.1, 0.15) is 0 Å². The van der Waals surface area contributed by atoms with Crippen LogP contribution in [-0.2, 0) is 6.54 Å². The zero-order valence-electron chi connectivity index (χ0n) is 19.0. The van der Waals surface area contributed by atoms with E-state index in [0.717, 1.165) is 12.6 Å². The summed E-state index contributed by atoms with van der Waals surface area (Å²) in [6.07, 6.45) is 14.5. The number of hydrogen-bond donors (Lipinski definition) is 1. The molecule has 30 heavy (non-hydrogen) atoms. The Kier molecular flexibility index (Phi) is 6.31. The maximum absolute atomic E-state index is 4.78. The second-order valence-electron chi connectivity index (χ2n) is 10.7. The molecule has 1 aromatic heterocycles. The molecule has 1 saturated carbocycles. The van der Waals surface area contributed by atoms with Crippen LogP contribution in [0, 0.1) is 5.41 Å². The van der Waals surface area contributed by atoms with Crippen molar-refractivity contribution in [3.05, 3.63) is 24.0 Å². The summed E-state index contributed by atoms with van der Waals surface area (Å²) in [6, 6.07) is 6.01. The Morgan fingerprint density at radius 1 is 0.933 bits per heavy atom. The van der Waals surface area contributed by atoms with Gasteiger partial charge in [-0.3, -0.25) is 9.88 Å². The highest BCUT2D eigenvalue weighted by Crippen LogP contribution is 2.43. The van der Waals surface area contributed by atoms with Gasteiger partial charge in [-0.1, -0.05) is 6.42 Å². The molecule has 1 N–H and O–H groups in total. The quantitative estimate of drug-likeness (QED) is 0.797. The zero-order chi connectivity index (χ0) is 20.4. The van der Waals surface area contributed by atoms with Crippen molar-refractivity contribution in [3.63, 3.8) is 0 Å². The number of hydrogen-bond acceptors (Lipinski definition) is 5. The second-order valence-corrected chi connectivity index (χ2v) is 10.7. The highest BCUT2D eigenvalue weighted by molar-refractivity contribution is 5.42. The van der Waals surface area contributed by atoms with Crippen LogP contribution in [0.3, 0.4) is 0 Å². The fourth-order valence-electron chi connectivity index (χ4n) is 6.02. The van der Waals surface area contributed by atoms with Crippen LogP contribution in [-0.4, -0.2) is 78.1 Å². The first-order chi connectivity index (χ1) is 14.7. The van der Waals surface area contributed by atoms with Crippen molar-refractivity contribution in [1.29, 1.82) is 0 Å². The Morgan fingerprint density at radius 2 is 1.63 bits per heavy atom. The largest absolute Gasteiger partial charge is 0.381 e. The van der Waals surface area contributed by atoms with Crippen LogP contribution in [0.4, 0.5) is 5.69 Å². The molecule has 4 fully saturated rings. The Bertz CT molecular complexity index is 659. The molecule has 0 bridgehead atoms. The molecular formula is C25H41N5. The summed E-state index contributed by atoms with van der Waals surface area (Å²) >= 11 is 0. The van der Waals surface area contributed by atoms with Crippen molar-refractivity contribution < 1.29 is 0 Å². The topological polar surface area (TPSA) is 34.6 Å². The molecule has 4 heterocycles. The molecule has 0 radical (unpaired) electrons. The predicted molar refractivity (Wildman–Crippen MR) is 124 cm³/mol. The summed E-state index contributed by atoms with van der Waals surface area (Å²) in [6.45, 7) is 8.62. The van der Waals surface area contributed by atoms with Crippen LogP contribution in [0.25, 0.3) is 0 Å². The maximum atomic E-state index is 4.78. The van der Waals surface area contributed by atoms with Crippen LogP contribution in [0.15, 0.2) is 18.3 Å². The van der Waals surface area contributed by atoms with E-state index in [4.69, 9.17) is 4.98 Å². The Hall–Kier alpha value is -1.17. The first-order valence-electron chi connectivity index (χ1n) is 12.5. The lowest BCUT2D eigenvalue weighted by Crippen LogP contribution is -2.50. The summed E-state index contributed by atoms with van der Waals surface area (Å²) < 4.78 is 0. The molecular weight excluding hydrogens is 370 g/mol. The molecule has 166 valence electrons. The Labute approximate surface area is 183 Å². The number of aromatic nitrogens is 1. The molecule has 3 saturated heterocycles. The SMILES string of the molecule is CN1CCC(Nc2ccc(CN3CCC4(CC3)CCN(C3CCC3)CC4)nc2)CC1. The van der Waals surface area contributed by atoms with Crippen LogP contribution in [0.5, 0.6) is 0 Å². The van der Waals surface area contributed by atoms with Gasteiger partial charge in [0.15, 0.2) is 0 Å². The van der Waals surface area contributed by atoms with Crippen molar-refractivity contribution in [2.24, 2.45) is 5.41 Å². The summed E-state index contributed by atoms with van der Waals surface area (Å²) in [5.74, 6) is 0. The van der Waals surface area contributed by atoms with Crippen molar-refractivity contribution in [2.45, 2.75) is 76.4 Å². The lowest BCUT2D eigenvalue weighted by atomic mass is 9.70. The molecule has 0 atom stereocenters. The van der Waals surface area contributed by atoms with Crippen LogP contribution in [0.1, 0.15) is 63.5 Å². The number of nitrogens with one attached hydrogen (secondary N) is 1. The number of nitrogens with zero attached hydrogens (tertiary/aromatic N) is 4. The van der Waals surface area contributed by atoms with E-state index in [1.165, 1.54) is 108 Å². The lowest BCUT2D eigenvalue weighted by molar-refractivity contribution is 0.00342. The minimum Gasteiger partial charge on any atom is -0.381 e. The van der Waals surface area contributed by atoms with Gasteiger partial charge in [-0.15, -0.1) is 0 Å². The van der Waals surface area contributed by atoms with Gasteiger partial charge in [-0.05, 0) is 115 Å². The molecule has 3 aliphatic heterocycles. The first-order valence-corrected chi connectivity index (χ1v) is 12.5. The highest BCUT2D eigenvalue weighted by Gasteiger charge is 2.39. The number of piperidine rings is 3. The molecule has 0 aromatic carbocycles. The molecule has 1 aromatic rings. The van der Waals surface area contributed by atoms with Crippen LogP contribution >= 0.6 is 0 Å². The minimum atomic E-state index is 0.600. The van der Waals surface area contributed by atoms with E-state index in [1.807, 2.05) is 0 Å². The third-order valence-electron chi connectivity index (χ3n) is 8.67. The normalized spacial score (nSPS) is 27.2. The van der Waals surface area contributed by atoms with Gasteiger partial charge in [-0.2, -0.15) is 0 Å². The van der Waals surface area contributed by atoms with E-state index in [1.54, 1.807) is 0 Å². The molecule has 1 aliphatic carbocycles. The van der Waals surface area contributed by atoms with E-state index in [2.05, 4.69) is 45.4 Å². The van der Waals surface area contributed by atoms with Crippen LogP contribution in [0.2, 0.25) is 0 Å². The van der Waals surface area contributed by atoms with E-state index in [9.17, 15) is 0 Å². The minimum absolute atomic E-state index is 0.600. The first kappa shape index (κ1) is 20.7. The van der Waals surface area contributed by atoms with Gasteiger partial charge >= 0.3 is 0 Å². The van der Waals surface area contributed by atoms with Gasteiger partial charge in [0.25, 0.3) is 0 Å². The zero-order valence-corrected chi connectivity index (χ0v) is 19.0. The highest BCUT2D eigenvalue weighted by atomic mass is 15.2. The summed E-state index contributed by atoms with van der Waals surface area (Å²) in [5, 5.41) is 3.68. The summed E-state index contributed by atoms with van der Waals surface area (Å²) in [4.78, 5) is 12.6. The van der Waals surface area contributed by atoms with Gasteiger partial charge < -0.3 is 15.1 Å². The van der Waals surface area contributed by atoms with E-state index >= 15 is 0 Å². The molecule has 0 amide bonds. The third kappa shape index (κ3) is 4.84. The average molecular weight is 412 g/mol. The molecule has 4 aliphatic rings. The average Bonchev–Trinajstić information content (AvgIpc) is 2.73. The van der Waals surface area contributed by atoms with Crippen LogP contribution < -0.4 is 5.32 Å². The standard InChI is InChI=1S/C25H41N5/c1-28-13-7-21(8-14-28)27-22-5-6-23(26-19-22)20-29-15-9-25(10-16-29)11-17-30(18-12-25)24-3-2-4-24/h5-6,19,21,24,27H,2-4,7-18,20H2,1H3. The summed E-state index contributed by atoms with van der Waals surface area (Å²) in [5.41, 5.74) is 3.05. The maximum Gasteiger partial charge on any atom is 0.0545 e. The number of likely N-dealkylation sites (tertiary alicyclic amines) is 3. The Morgan fingerprint density at radius 3 is 2.23 bits per heavy atom. The third-order valence-corrected chi connectivity index (χ3v) is 8.67. The van der Waals surface area contributed by atoms with Crippen molar-refractivity contribution in [3.8, 4) is 0 Å². The van der Waals surface area contributed by atoms with E-state index in [0.29, 0.717) is 11.5 Å². The Balaban J connectivity index is 1.06. The van der Waals surface area contributed by atoms with E-state index in [-0.39, 0.29) is 0 Å². The molecule has 0 unspecified atom stereocenters. The molecule has 1 spiro atoms. The van der Waals surface area contributed by atoms with Gasteiger partial charge in [0.2, 0.25) is 0 Å². The summed E-state index contributed by atoms with van der Waals surface area (Å²) in [7, 11) is 2.22. The smallest absolute Gasteiger partial charge is 0.0545 e. The number of rotatable bonds is 5. The second kappa shape index (κ2) is 9.13. The number of anilines is 1. The van der Waals surface area contributed by atoms with Gasteiger partial charge in [0, 0.05) is 18.6 Å².